The quantitative estimate of drug-likeness (QED) is 0.148. The van der Waals surface area contributed by atoms with Gasteiger partial charge in [-0.15, -0.1) is 0 Å². The molecule has 15 heteroatoms. The van der Waals surface area contributed by atoms with Crippen LogP contribution in [0.5, 0.6) is 0 Å². The molecule has 0 saturated heterocycles. The van der Waals surface area contributed by atoms with Gasteiger partial charge in [-0.25, -0.2) is 0 Å². The molecule has 0 aromatic heterocycles. The molecular weight excluding hydrogens is 1410 g/mol. The molecule has 5 heterocycles. The van der Waals surface area contributed by atoms with Crippen molar-refractivity contribution in [2.75, 3.05) is 6.66 Å². The van der Waals surface area contributed by atoms with Crippen molar-refractivity contribution in [3.05, 3.63) is 390 Å². The van der Waals surface area contributed by atoms with Crippen molar-refractivity contribution in [3.8, 4) is 0 Å². The second-order valence-electron chi connectivity index (χ2n) is 27.9. The summed E-state index contributed by atoms with van der Waals surface area (Å²) in [4.78, 5) is 0. The van der Waals surface area contributed by atoms with Crippen LogP contribution >= 0.6 is 36.8 Å². The van der Waals surface area contributed by atoms with Crippen LogP contribution in [0, 0.1) is 13.8 Å². The van der Waals surface area contributed by atoms with E-state index in [1.807, 2.05) is 287 Å². The summed E-state index contributed by atoms with van der Waals surface area (Å²) in [5, 5.41) is 7.35. The van der Waals surface area contributed by atoms with E-state index in [9.17, 15) is 22.8 Å². The van der Waals surface area contributed by atoms with Crippen molar-refractivity contribution in [2.45, 2.75) is 101 Å². The van der Waals surface area contributed by atoms with Gasteiger partial charge in [0, 0.05) is 84.0 Å². The van der Waals surface area contributed by atoms with Crippen LogP contribution in [0.25, 0.3) is 0 Å². The average molecular weight is 1490 g/mol. The fourth-order valence-electron chi connectivity index (χ4n) is 15.6. The van der Waals surface area contributed by atoms with Crippen LogP contribution in [-0.2, 0) is 58.3 Å². The van der Waals surface area contributed by atoms with E-state index in [0.717, 1.165) is 99.5 Å². The predicted molar refractivity (Wildman–Crippen MR) is 436 cm³/mol. The summed E-state index contributed by atoms with van der Waals surface area (Å²) >= 11 is 0. The molecule has 0 saturated carbocycles. The molecule has 0 N–H and O–H groups in total. The molecule has 534 valence electrons. The lowest BCUT2D eigenvalue weighted by molar-refractivity contribution is 0.234. The Morgan fingerprint density at radius 1 is 0.264 bits per heavy atom. The summed E-state index contributed by atoms with van der Waals surface area (Å²) in [5.41, 5.74) is 10.3. The number of allylic oxidation sites excluding steroid dienone is 10. The van der Waals surface area contributed by atoms with Crippen LogP contribution in [-0.4, -0.2) is 37.2 Å². The largest absolute Gasteiger partial charge is 0.317 e. The highest BCUT2D eigenvalue weighted by Crippen LogP contribution is 2.59. The van der Waals surface area contributed by atoms with Gasteiger partial charge in [0.1, 0.15) is 0 Å². The van der Waals surface area contributed by atoms with E-state index in [-0.39, 0.29) is 60.1 Å². The zero-order valence-electron chi connectivity index (χ0n) is 59.8. The summed E-state index contributed by atoms with van der Waals surface area (Å²) in [7, 11) is -14.9. The van der Waals surface area contributed by atoms with E-state index in [2.05, 4.69) is 80.6 Å². The zero-order valence-corrected chi connectivity index (χ0v) is 64.3. The van der Waals surface area contributed by atoms with Gasteiger partial charge in [0.05, 0.1) is 30.5 Å². The second kappa shape index (κ2) is 30.9. The fourth-order valence-corrected chi connectivity index (χ4v) is 27.4. The SMILES string of the molecule is CCc1ccc(P2(=O)OC3C=CC=CC3c3ccccc32)cc1.CCc1cccc(P2(=O)OC3C=CC=CC3c3ccccc32)c1.CP1(=O)OC2C=CC=CC2c2ccccc21.Cc1ccc(P2(=O)OC3C=CC=CC3c3ccccc32)cc1.Cc1cccc(P2(=O)OC3C=CC=CC3c3ccccc32)c1. The molecule has 0 spiro atoms. The summed E-state index contributed by atoms with van der Waals surface area (Å²) in [5.74, 6) is 0.797. The van der Waals surface area contributed by atoms with Crippen molar-refractivity contribution >= 4 is 84.6 Å². The van der Waals surface area contributed by atoms with Gasteiger partial charge in [-0.3, -0.25) is 22.8 Å². The Labute approximate surface area is 623 Å². The highest BCUT2D eigenvalue weighted by atomic mass is 31.2. The predicted octanol–water partition coefficient (Wildman–Crippen LogP) is 18.7. The molecule has 0 fully saturated rings. The van der Waals surface area contributed by atoms with E-state index in [0.29, 0.717) is 0 Å². The van der Waals surface area contributed by atoms with Gasteiger partial charge >= 0.3 is 0 Å². The van der Waals surface area contributed by atoms with Gasteiger partial charge < -0.3 is 22.6 Å². The number of aryl methyl sites for hydroxylation is 4. The van der Waals surface area contributed by atoms with Crippen molar-refractivity contribution in [1.82, 2.24) is 0 Å². The van der Waals surface area contributed by atoms with E-state index < -0.39 is 36.8 Å². The van der Waals surface area contributed by atoms with Gasteiger partial charge in [-0.05, 0) is 144 Å². The fraction of sp³-hybridized carbons (Fsp3) is 0.187. The van der Waals surface area contributed by atoms with Crippen LogP contribution in [0.4, 0.5) is 0 Å². The van der Waals surface area contributed by atoms with Crippen LogP contribution in [0.2, 0.25) is 0 Å². The first-order valence-corrected chi connectivity index (χ1v) is 45.0. The monoisotopic (exact) mass is 1490 g/mol. The number of hydrogen-bond acceptors (Lipinski definition) is 10. The topological polar surface area (TPSA) is 132 Å². The Hall–Kier alpha value is -8.67. The Morgan fingerprint density at radius 3 is 0.915 bits per heavy atom. The lowest BCUT2D eigenvalue weighted by Crippen LogP contribution is -2.35. The molecule has 10 nitrogen and oxygen atoms in total. The second-order valence-corrected chi connectivity index (χ2v) is 39.5. The smallest absolute Gasteiger partial charge is 0.262 e. The molecule has 0 radical (unpaired) electrons. The third-order valence-electron chi connectivity index (χ3n) is 21.1. The molecule has 5 aliphatic heterocycles. The Balaban J connectivity index is 0.000000107. The van der Waals surface area contributed by atoms with Gasteiger partial charge in [0.25, 0.3) is 29.5 Å². The highest BCUT2D eigenvalue weighted by molar-refractivity contribution is 7.75. The number of hydrogen-bond donors (Lipinski definition) is 0. The van der Waals surface area contributed by atoms with Crippen LogP contribution in [0.15, 0.2) is 340 Å². The molecule has 9 aromatic carbocycles. The van der Waals surface area contributed by atoms with Crippen LogP contribution in [0.1, 0.15) is 93.5 Å². The number of fused-ring (bicyclic) bond motifs is 15. The molecule has 0 bridgehead atoms. The maximum atomic E-state index is 13.9. The third kappa shape index (κ3) is 14.2. The summed E-state index contributed by atoms with van der Waals surface area (Å²) < 4.78 is 98.1. The Bertz CT molecular complexity index is 5400. The first kappa shape index (κ1) is 72.9. The highest BCUT2D eigenvalue weighted by Gasteiger charge is 2.47. The van der Waals surface area contributed by atoms with Crippen molar-refractivity contribution in [1.29, 1.82) is 0 Å². The molecule has 0 amide bonds. The summed E-state index contributed by atoms with van der Waals surface area (Å²) in [6.45, 7) is 9.97. The number of benzene rings is 9. The zero-order chi connectivity index (χ0) is 73.2. The maximum Gasteiger partial charge on any atom is 0.262 e. The lowest BCUT2D eigenvalue weighted by Gasteiger charge is -2.36. The summed E-state index contributed by atoms with van der Waals surface area (Å²) in [6.07, 6.45) is 41.8. The van der Waals surface area contributed by atoms with E-state index in [1.54, 1.807) is 6.66 Å². The molecular formula is C91H85O10P5. The van der Waals surface area contributed by atoms with Gasteiger partial charge in [-0.1, -0.05) is 286 Å². The minimum absolute atomic E-state index is 0.0734. The van der Waals surface area contributed by atoms with Crippen LogP contribution < -0.4 is 47.7 Å². The van der Waals surface area contributed by atoms with Crippen molar-refractivity contribution in [2.24, 2.45) is 0 Å². The van der Waals surface area contributed by atoms with Crippen LogP contribution in [0.3, 0.4) is 0 Å². The van der Waals surface area contributed by atoms with Crippen molar-refractivity contribution in [3.63, 3.8) is 0 Å². The summed E-state index contributed by atoms with van der Waals surface area (Å²) in [6, 6.07) is 71.4. The first-order chi connectivity index (χ1) is 51.5. The molecule has 5 aliphatic carbocycles. The standard InChI is InChI=1S/2C20H19O2P.2C19H17O2P.C13H13O2P/c1-2-15-8-7-9-16(14-15)23(21)20-13-6-4-11-18(20)17-10-3-5-12-19(17)22-23;1-2-15-11-13-16(14-12-15)23(21)20-10-6-4-8-18(20)17-7-3-5-9-19(17)22-23;1-14-7-6-8-15(13-14)22(20)19-12-5-3-10-17(19)16-9-2-4-11-18(16)21-22;1-14-10-12-15(13-11-14)22(20)19-9-5-3-7-17(19)16-6-2-4-8-18(16)21-22;1-16(14)13-9-5-3-7-11(13)10-6-2-4-8-12(10)15-16/h2*3-14,17,19H,2H2,1H3;2*2-13,16,18H,1H3;2-10,12H,1H3. The van der Waals surface area contributed by atoms with Gasteiger partial charge in [-0.2, -0.15) is 0 Å². The lowest BCUT2D eigenvalue weighted by atomic mass is 9.90. The van der Waals surface area contributed by atoms with Gasteiger partial charge in [0.15, 0.2) is 0 Å². The Kier molecular flexibility index (Phi) is 21.2. The maximum absolute atomic E-state index is 13.9. The van der Waals surface area contributed by atoms with Gasteiger partial charge in [0.2, 0.25) is 7.37 Å². The van der Waals surface area contributed by atoms with Crippen molar-refractivity contribution < 1.29 is 45.4 Å². The van der Waals surface area contributed by atoms with E-state index >= 15 is 0 Å². The first-order valence-electron chi connectivity index (χ1n) is 36.5. The normalized spacial score (nSPS) is 29.6. The molecule has 106 heavy (non-hydrogen) atoms. The van der Waals surface area contributed by atoms with E-state index in [4.69, 9.17) is 22.6 Å². The molecule has 15 atom stereocenters. The average Bonchev–Trinajstić information content (AvgIpc) is 0.465. The molecule has 9 aromatic rings. The van der Waals surface area contributed by atoms with E-state index in [1.165, 1.54) is 11.1 Å². The Morgan fingerprint density at radius 2 is 0.557 bits per heavy atom. The third-order valence-corrected chi connectivity index (χ3v) is 33.2. The minimum atomic E-state index is -3.07. The molecule has 15 unspecified atom stereocenters. The minimum Gasteiger partial charge on any atom is -0.317 e. The molecule has 10 aliphatic rings. The molecule has 19 rings (SSSR count). The number of rotatable bonds is 6.